The first kappa shape index (κ1) is 7.73. The zero-order valence-electron chi connectivity index (χ0n) is 6.55. The number of carbonyl (C=O) groups excluding carboxylic acids is 1. The average Bonchev–Trinajstić information content (AvgIpc) is 2.18. The van der Waals surface area contributed by atoms with Gasteiger partial charge in [-0.05, 0) is 12.8 Å². The zero-order chi connectivity index (χ0) is 7.78. The molecular weight excluding hydrogens is 128 g/mol. The highest BCUT2D eigenvalue weighted by molar-refractivity contribution is 5.87. The predicted molar refractivity (Wildman–Crippen MR) is 38.6 cm³/mol. The van der Waals surface area contributed by atoms with Gasteiger partial charge in [-0.15, -0.1) is 0 Å². The number of Topliss-reactive ketones (excluding diaryl/α,β-unsaturated/α-hetero) is 1. The Labute approximate surface area is 61.2 Å². The number of carbonyl (C=O) groups is 1. The summed E-state index contributed by atoms with van der Waals surface area (Å²) in [7, 11) is 0. The van der Waals surface area contributed by atoms with Crippen molar-refractivity contribution in [1.29, 1.82) is 0 Å². The molecule has 2 heteroatoms. The second-order valence-electron chi connectivity index (χ2n) is 3.25. The summed E-state index contributed by atoms with van der Waals surface area (Å²) >= 11 is 0. The molecule has 0 aliphatic heterocycles. The van der Waals surface area contributed by atoms with Gasteiger partial charge in [-0.1, -0.05) is 13.8 Å². The largest absolute Gasteiger partial charge is 0.392 e. The van der Waals surface area contributed by atoms with Gasteiger partial charge in [0.05, 0.1) is 11.5 Å². The third-order valence-corrected chi connectivity index (χ3v) is 2.75. The van der Waals surface area contributed by atoms with Crippen molar-refractivity contribution in [1.82, 2.24) is 0 Å². The SMILES string of the molecule is CC[C@]1(C)C(=O)CCC1O. The van der Waals surface area contributed by atoms with Crippen LogP contribution in [0.2, 0.25) is 0 Å². The van der Waals surface area contributed by atoms with Gasteiger partial charge in [0, 0.05) is 6.42 Å². The summed E-state index contributed by atoms with van der Waals surface area (Å²) in [5, 5.41) is 9.40. The Kier molecular flexibility index (Phi) is 1.82. The summed E-state index contributed by atoms with van der Waals surface area (Å²) in [5.41, 5.74) is -0.431. The molecule has 58 valence electrons. The van der Waals surface area contributed by atoms with Crippen LogP contribution in [0.4, 0.5) is 0 Å². The molecule has 0 bridgehead atoms. The van der Waals surface area contributed by atoms with Gasteiger partial charge in [0.2, 0.25) is 0 Å². The van der Waals surface area contributed by atoms with E-state index in [1.807, 2.05) is 13.8 Å². The Balaban J connectivity index is 2.80. The highest BCUT2D eigenvalue weighted by Crippen LogP contribution is 2.37. The van der Waals surface area contributed by atoms with Crippen LogP contribution in [0.1, 0.15) is 33.1 Å². The fourth-order valence-corrected chi connectivity index (χ4v) is 1.49. The minimum absolute atomic E-state index is 0.225. The van der Waals surface area contributed by atoms with Gasteiger partial charge >= 0.3 is 0 Å². The monoisotopic (exact) mass is 142 g/mol. The van der Waals surface area contributed by atoms with Crippen molar-refractivity contribution in [3.05, 3.63) is 0 Å². The van der Waals surface area contributed by atoms with Gasteiger partial charge in [0.15, 0.2) is 0 Å². The van der Waals surface area contributed by atoms with Gasteiger partial charge in [0.1, 0.15) is 5.78 Å². The van der Waals surface area contributed by atoms with Crippen molar-refractivity contribution in [2.24, 2.45) is 5.41 Å². The maximum absolute atomic E-state index is 11.2. The lowest BCUT2D eigenvalue weighted by atomic mass is 9.83. The maximum atomic E-state index is 11.2. The minimum atomic E-state index is -0.431. The van der Waals surface area contributed by atoms with Gasteiger partial charge in [-0.25, -0.2) is 0 Å². The second-order valence-corrected chi connectivity index (χ2v) is 3.25. The molecular formula is C8H14O2. The molecule has 0 radical (unpaired) electrons. The van der Waals surface area contributed by atoms with Crippen LogP contribution in [-0.4, -0.2) is 17.0 Å². The van der Waals surface area contributed by atoms with E-state index in [1.54, 1.807) is 0 Å². The van der Waals surface area contributed by atoms with Crippen LogP contribution in [0, 0.1) is 5.41 Å². The average molecular weight is 142 g/mol. The van der Waals surface area contributed by atoms with E-state index in [9.17, 15) is 9.90 Å². The summed E-state index contributed by atoms with van der Waals surface area (Å²) in [6, 6.07) is 0. The number of hydrogen-bond acceptors (Lipinski definition) is 2. The van der Waals surface area contributed by atoms with Crippen molar-refractivity contribution in [2.45, 2.75) is 39.2 Å². The third kappa shape index (κ3) is 0.870. The molecule has 0 heterocycles. The maximum Gasteiger partial charge on any atom is 0.141 e. The molecule has 1 unspecified atom stereocenters. The number of ketones is 1. The number of aliphatic hydroxyl groups is 1. The molecule has 1 aliphatic rings. The van der Waals surface area contributed by atoms with Crippen molar-refractivity contribution < 1.29 is 9.90 Å². The molecule has 2 atom stereocenters. The van der Waals surface area contributed by atoms with Crippen molar-refractivity contribution in [3.63, 3.8) is 0 Å². The quantitative estimate of drug-likeness (QED) is 0.595. The first-order valence-corrected chi connectivity index (χ1v) is 3.82. The molecule has 1 aliphatic carbocycles. The third-order valence-electron chi connectivity index (χ3n) is 2.75. The lowest BCUT2D eigenvalue weighted by Crippen LogP contribution is -2.31. The first-order valence-electron chi connectivity index (χ1n) is 3.82. The number of aliphatic hydroxyl groups excluding tert-OH is 1. The van der Waals surface area contributed by atoms with Crippen LogP contribution in [0.25, 0.3) is 0 Å². The van der Waals surface area contributed by atoms with Gasteiger partial charge in [-0.3, -0.25) is 4.79 Å². The molecule has 0 spiro atoms. The molecule has 0 amide bonds. The fraction of sp³-hybridized carbons (Fsp3) is 0.875. The van der Waals surface area contributed by atoms with Crippen LogP contribution < -0.4 is 0 Å². The molecule has 2 nitrogen and oxygen atoms in total. The van der Waals surface area contributed by atoms with Gasteiger partial charge in [0.25, 0.3) is 0 Å². The Hall–Kier alpha value is -0.370. The first-order chi connectivity index (χ1) is 4.61. The Morgan fingerprint density at radius 2 is 2.40 bits per heavy atom. The summed E-state index contributed by atoms with van der Waals surface area (Å²) in [5.74, 6) is 0.225. The highest BCUT2D eigenvalue weighted by Gasteiger charge is 2.43. The van der Waals surface area contributed by atoms with Gasteiger partial charge in [-0.2, -0.15) is 0 Å². The summed E-state index contributed by atoms with van der Waals surface area (Å²) in [6.45, 7) is 3.80. The van der Waals surface area contributed by atoms with E-state index in [1.165, 1.54) is 0 Å². The second kappa shape index (κ2) is 2.35. The molecule has 1 rings (SSSR count). The molecule has 0 aromatic rings. The normalized spacial score (nSPS) is 40.7. The van der Waals surface area contributed by atoms with E-state index in [4.69, 9.17) is 0 Å². The predicted octanol–water partition coefficient (Wildman–Crippen LogP) is 1.13. The lowest BCUT2D eigenvalue weighted by molar-refractivity contribution is -0.128. The molecule has 1 fully saturated rings. The van der Waals surface area contributed by atoms with E-state index in [2.05, 4.69) is 0 Å². The Morgan fingerprint density at radius 3 is 2.60 bits per heavy atom. The highest BCUT2D eigenvalue weighted by atomic mass is 16.3. The molecule has 0 aromatic carbocycles. The number of hydrogen-bond donors (Lipinski definition) is 1. The fourth-order valence-electron chi connectivity index (χ4n) is 1.49. The van der Waals surface area contributed by atoms with E-state index >= 15 is 0 Å². The van der Waals surface area contributed by atoms with Crippen molar-refractivity contribution in [3.8, 4) is 0 Å². The standard InChI is InChI=1S/C8H14O2/c1-3-8(2)6(9)4-5-7(8)10/h6,9H,3-5H2,1-2H3/t6?,8-/m0/s1. The topological polar surface area (TPSA) is 37.3 Å². The van der Waals surface area contributed by atoms with E-state index in [-0.39, 0.29) is 5.78 Å². The zero-order valence-corrected chi connectivity index (χ0v) is 6.55. The molecule has 10 heavy (non-hydrogen) atoms. The summed E-state index contributed by atoms with van der Waals surface area (Å²) in [4.78, 5) is 11.2. The Morgan fingerprint density at radius 1 is 1.80 bits per heavy atom. The van der Waals surface area contributed by atoms with Gasteiger partial charge < -0.3 is 5.11 Å². The summed E-state index contributed by atoms with van der Waals surface area (Å²) < 4.78 is 0. The van der Waals surface area contributed by atoms with E-state index in [0.717, 1.165) is 6.42 Å². The number of rotatable bonds is 1. The molecule has 1 saturated carbocycles. The summed E-state index contributed by atoms with van der Waals surface area (Å²) in [6.07, 6.45) is 1.58. The minimum Gasteiger partial charge on any atom is -0.392 e. The van der Waals surface area contributed by atoms with E-state index in [0.29, 0.717) is 12.8 Å². The van der Waals surface area contributed by atoms with Crippen molar-refractivity contribution in [2.75, 3.05) is 0 Å². The van der Waals surface area contributed by atoms with E-state index < -0.39 is 11.5 Å². The lowest BCUT2D eigenvalue weighted by Gasteiger charge is -2.23. The molecule has 0 saturated heterocycles. The van der Waals surface area contributed by atoms with Crippen LogP contribution in [0.3, 0.4) is 0 Å². The molecule has 0 aromatic heterocycles. The Bertz CT molecular complexity index is 153. The smallest absolute Gasteiger partial charge is 0.141 e. The van der Waals surface area contributed by atoms with Crippen LogP contribution in [-0.2, 0) is 4.79 Å². The van der Waals surface area contributed by atoms with Crippen LogP contribution in [0.15, 0.2) is 0 Å². The molecule has 1 N–H and O–H groups in total. The van der Waals surface area contributed by atoms with Crippen LogP contribution in [0.5, 0.6) is 0 Å². The van der Waals surface area contributed by atoms with Crippen molar-refractivity contribution >= 4 is 5.78 Å². The van der Waals surface area contributed by atoms with Crippen LogP contribution >= 0.6 is 0 Å².